The van der Waals surface area contributed by atoms with Crippen molar-refractivity contribution in [3.63, 3.8) is 0 Å². The van der Waals surface area contributed by atoms with Crippen molar-refractivity contribution in [3.8, 4) is 0 Å². The highest BCUT2D eigenvalue weighted by Gasteiger charge is 2.02. The van der Waals surface area contributed by atoms with E-state index in [4.69, 9.17) is 11.6 Å². The highest BCUT2D eigenvalue weighted by Crippen LogP contribution is 2.26. The van der Waals surface area contributed by atoms with Gasteiger partial charge in [0.05, 0.1) is 9.50 Å². The molecule has 54 valence electrons. The summed E-state index contributed by atoms with van der Waals surface area (Å²) < 4.78 is 13.0. The summed E-state index contributed by atoms with van der Waals surface area (Å²) in [4.78, 5) is 0.565. The van der Waals surface area contributed by atoms with Crippen LogP contribution < -0.4 is 0 Å². The summed E-state index contributed by atoms with van der Waals surface area (Å²) in [6, 6.07) is 2.73. The Morgan fingerprint density at radius 3 is 2.60 bits per heavy atom. The van der Waals surface area contributed by atoms with Crippen LogP contribution >= 0.6 is 40.2 Å². The van der Waals surface area contributed by atoms with Crippen LogP contribution in [0.25, 0.3) is 0 Å². The van der Waals surface area contributed by atoms with E-state index in [1.54, 1.807) is 0 Å². The van der Waals surface area contributed by atoms with Gasteiger partial charge in [-0.2, -0.15) is 0 Å². The Bertz CT molecular complexity index is 214. The Balaban J connectivity index is 3.28. The molecule has 0 aromatic heterocycles. The Morgan fingerprint density at radius 1 is 1.50 bits per heavy atom. The molecule has 0 amide bonds. The fourth-order valence-corrected chi connectivity index (χ4v) is 1.38. The van der Waals surface area contributed by atoms with E-state index in [1.165, 1.54) is 12.1 Å². The number of halogens is 3. The van der Waals surface area contributed by atoms with Gasteiger partial charge in [-0.15, -0.1) is 12.6 Å². The van der Waals surface area contributed by atoms with Crippen molar-refractivity contribution >= 4 is 40.2 Å². The highest BCUT2D eigenvalue weighted by atomic mass is 79.9. The zero-order valence-corrected chi connectivity index (χ0v) is 7.97. The summed E-state index contributed by atoms with van der Waals surface area (Å²) in [7, 11) is 0. The molecule has 0 N–H and O–H groups in total. The second-order valence-electron chi connectivity index (χ2n) is 1.72. The van der Waals surface area contributed by atoms with Gasteiger partial charge in [-0.05, 0) is 28.1 Å². The average molecular weight is 242 g/mol. The maximum atomic E-state index is 12.6. The third kappa shape index (κ3) is 1.65. The van der Waals surface area contributed by atoms with Gasteiger partial charge in [-0.25, -0.2) is 4.39 Å². The number of rotatable bonds is 0. The monoisotopic (exact) mass is 240 g/mol. The summed E-state index contributed by atoms with van der Waals surface area (Å²) in [5.41, 5.74) is 0. The molecule has 0 aliphatic carbocycles. The first-order valence-electron chi connectivity index (χ1n) is 2.45. The SMILES string of the molecule is Fc1cc(Cl)c(S)cc1Br. The molecule has 0 fully saturated rings. The molecule has 0 bridgehead atoms. The first-order chi connectivity index (χ1) is 4.61. The summed E-state index contributed by atoms with van der Waals surface area (Å²) in [6.07, 6.45) is 0. The van der Waals surface area contributed by atoms with Crippen LogP contribution in [0.3, 0.4) is 0 Å². The minimum Gasteiger partial charge on any atom is -0.206 e. The Kier molecular flexibility index (Phi) is 2.61. The standard InChI is InChI=1S/C6H3BrClFS/c7-3-1-6(10)4(8)2-5(3)9/h1-2,10H. The molecular formula is C6H3BrClFS. The molecule has 0 aliphatic rings. The number of benzene rings is 1. The lowest BCUT2D eigenvalue weighted by atomic mass is 10.3. The van der Waals surface area contributed by atoms with Crippen LogP contribution in [0.5, 0.6) is 0 Å². The van der Waals surface area contributed by atoms with E-state index in [2.05, 4.69) is 28.6 Å². The van der Waals surface area contributed by atoms with Gasteiger partial charge in [0.1, 0.15) is 5.82 Å². The van der Waals surface area contributed by atoms with Crippen LogP contribution in [-0.2, 0) is 0 Å². The van der Waals surface area contributed by atoms with E-state index >= 15 is 0 Å². The molecule has 0 nitrogen and oxygen atoms in total. The maximum absolute atomic E-state index is 12.6. The van der Waals surface area contributed by atoms with Gasteiger partial charge < -0.3 is 0 Å². The van der Waals surface area contributed by atoms with E-state index in [9.17, 15) is 4.39 Å². The molecule has 1 aromatic rings. The van der Waals surface area contributed by atoms with Crippen molar-refractivity contribution in [3.05, 3.63) is 27.4 Å². The van der Waals surface area contributed by atoms with Crippen molar-refractivity contribution in [1.82, 2.24) is 0 Å². The molecule has 1 aromatic carbocycles. The second-order valence-corrected chi connectivity index (χ2v) is 3.46. The smallest absolute Gasteiger partial charge is 0.138 e. The van der Waals surface area contributed by atoms with Crippen LogP contribution in [0.4, 0.5) is 4.39 Å². The summed E-state index contributed by atoms with van der Waals surface area (Å²) in [5, 5.41) is 0.323. The van der Waals surface area contributed by atoms with E-state index < -0.39 is 0 Å². The van der Waals surface area contributed by atoms with Crippen molar-refractivity contribution in [2.45, 2.75) is 4.90 Å². The van der Waals surface area contributed by atoms with Gasteiger partial charge >= 0.3 is 0 Å². The van der Waals surface area contributed by atoms with E-state index in [1.807, 2.05) is 0 Å². The second kappa shape index (κ2) is 3.11. The van der Waals surface area contributed by atoms with Crippen molar-refractivity contribution in [2.24, 2.45) is 0 Å². The van der Waals surface area contributed by atoms with Crippen LogP contribution in [-0.4, -0.2) is 0 Å². The summed E-state index contributed by atoms with van der Waals surface area (Å²) >= 11 is 12.5. The van der Waals surface area contributed by atoms with Crippen LogP contribution in [0.2, 0.25) is 5.02 Å². The van der Waals surface area contributed by atoms with E-state index in [0.717, 1.165) is 0 Å². The maximum Gasteiger partial charge on any atom is 0.138 e. The number of hydrogen-bond acceptors (Lipinski definition) is 1. The minimum atomic E-state index is -0.372. The topological polar surface area (TPSA) is 0 Å². The van der Waals surface area contributed by atoms with Crippen molar-refractivity contribution in [2.75, 3.05) is 0 Å². The number of hydrogen-bond donors (Lipinski definition) is 1. The molecule has 0 radical (unpaired) electrons. The Hall–Kier alpha value is 0.270. The van der Waals surface area contributed by atoms with Gasteiger partial charge in [-0.1, -0.05) is 11.6 Å². The average Bonchev–Trinajstić information content (AvgIpc) is 1.84. The molecule has 0 atom stereocenters. The molecule has 0 spiro atoms. The molecular weight excluding hydrogens is 238 g/mol. The largest absolute Gasteiger partial charge is 0.206 e. The lowest BCUT2D eigenvalue weighted by Crippen LogP contribution is -1.77. The lowest BCUT2D eigenvalue weighted by Gasteiger charge is -1.97. The highest BCUT2D eigenvalue weighted by molar-refractivity contribution is 9.10. The van der Waals surface area contributed by atoms with Gasteiger partial charge in [0.2, 0.25) is 0 Å². The third-order valence-electron chi connectivity index (χ3n) is 0.990. The molecule has 0 saturated carbocycles. The third-order valence-corrected chi connectivity index (χ3v) is 2.41. The molecule has 4 heteroatoms. The normalized spacial score (nSPS) is 10.0. The first-order valence-corrected chi connectivity index (χ1v) is 4.06. The summed E-state index contributed by atoms with van der Waals surface area (Å²) in [5.74, 6) is -0.372. The van der Waals surface area contributed by atoms with E-state index in [0.29, 0.717) is 14.4 Å². The van der Waals surface area contributed by atoms with E-state index in [-0.39, 0.29) is 5.82 Å². The van der Waals surface area contributed by atoms with Gasteiger partial charge in [0.15, 0.2) is 0 Å². The van der Waals surface area contributed by atoms with Crippen molar-refractivity contribution in [1.29, 1.82) is 0 Å². The first kappa shape index (κ1) is 8.37. The number of thiol groups is 1. The predicted molar refractivity (Wildman–Crippen MR) is 46.4 cm³/mol. The fourth-order valence-electron chi connectivity index (χ4n) is 0.512. The van der Waals surface area contributed by atoms with Gasteiger partial charge in [0.25, 0.3) is 0 Å². The molecule has 0 saturated heterocycles. The zero-order valence-electron chi connectivity index (χ0n) is 4.74. The Morgan fingerprint density at radius 2 is 2.10 bits per heavy atom. The minimum absolute atomic E-state index is 0.323. The van der Waals surface area contributed by atoms with Crippen LogP contribution in [0.1, 0.15) is 0 Å². The van der Waals surface area contributed by atoms with Crippen LogP contribution in [0.15, 0.2) is 21.5 Å². The predicted octanol–water partition coefficient (Wildman–Crippen LogP) is 3.53. The molecule has 0 aliphatic heterocycles. The lowest BCUT2D eigenvalue weighted by molar-refractivity contribution is 0.620. The van der Waals surface area contributed by atoms with Gasteiger partial charge in [-0.3, -0.25) is 0 Å². The quantitative estimate of drug-likeness (QED) is 0.521. The molecule has 0 heterocycles. The molecule has 1 rings (SSSR count). The Labute approximate surface area is 76.9 Å². The fraction of sp³-hybridized carbons (Fsp3) is 0. The zero-order chi connectivity index (χ0) is 7.72. The van der Waals surface area contributed by atoms with Gasteiger partial charge in [0, 0.05) is 4.90 Å². The van der Waals surface area contributed by atoms with Crippen molar-refractivity contribution < 1.29 is 4.39 Å². The molecule has 10 heavy (non-hydrogen) atoms. The van der Waals surface area contributed by atoms with Crippen LogP contribution in [0, 0.1) is 5.82 Å². The summed E-state index contributed by atoms with van der Waals surface area (Å²) in [6.45, 7) is 0. The molecule has 0 unspecified atom stereocenters.